The number of hydrogen-bond donors (Lipinski definition) is 2. The molecule has 2 N–H and O–H groups in total. The Morgan fingerprint density at radius 3 is 1.91 bits per heavy atom. The Hall–Kier alpha value is -2.99. The van der Waals surface area contributed by atoms with Gasteiger partial charge >= 0.3 is 0 Å². The summed E-state index contributed by atoms with van der Waals surface area (Å²) in [5.41, 5.74) is 2.46. The van der Waals surface area contributed by atoms with E-state index >= 15 is 0 Å². The summed E-state index contributed by atoms with van der Waals surface area (Å²) in [6.07, 6.45) is 0. The van der Waals surface area contributed by atoms with E-state index in [2.05, 4.69) is 0 Å². The first-order valence-electron chi connectivity index (χ1n) is 6.61. The van der Waals surface area contributed by atoms with Gasteiger partial charge in [-0.2, -0.15) is 0 Å². The Labute approximate surface area is 125 Å². The van der Waals surface area contributed by atoms with Crippen LogP contribution in [0.3, 0.4) is 0 Å². The number of carbonyl (C=O) groups excluding carboxylic acids is 3. The van der Waals surface area contributed by atoms with Crippen molar-refractivity contribution in [1.82, 2.24) is 10.4 Å². The van der Waals surface area contributed by atoms with E-state index in [1.165, 1.54) is 17.6 Å². The Morgan fingerprint density at radius 2 is 1.41 bits per heavy atom. The largest absolute Gasteiger partial charge is 0.289 e. The number of hydroxylamine groups is 1. The summed E-state index contributed by atoms with van der Waals surface area (Å²) in [4.78, 5) is 37.9. The lowest BCUT2D eigenvalue weighted by Gasteiger charge is -2.24. The van der Waals surface area contributed by atoms with Crippen molar-refractivity contribution in [3.05, 3.63) is 71.3 Å². The summed E-state index contributed by atoms with van der Waals surface area (Å²) in [7, 11) is 0. The van der Waals surface area contributed by atoms with Crippen molar-refractivity contribution in [1.29, 1.82) is 0 Å². The molecule has 0 fully saturated rings. The number of carbonyl (C=O) groups is 3. The molecule has 1 atom stereocenters. The molecule has 2 aromatic rings. The molecule has 1 heterocycles. The molecule has 0 saturated heterocycles. The number of nitrogens with one attached hydrogen (secondary N) is 1. The van der Waals surface area contributed by atoms with Crippen LogP contribution in [-0.4, -0.2) is 27.8 Å². The second kappa shape index (κ2) is 5.42. The smallest absolute Gasteiger partial charge is 0.271 e. The van der Waals surface area contributed by atoms with Crippen molar-refractivity contribution < 1.29 is 19.6 Å². The van der Waals surface area contributed by atoms with Crippen LogP contribution < -0.4 is 5.48 Å². The Kier molecular flexibility index (Phi) is 3.44. The van der Waals surface area contributed by atoms with Gasteiger partial charge in [-0.25, -0.2) is 5.48 Å². The lowest BCUT2D eigenvalue weighted by molar-refractivity contribution is -0.133. The van der Waals surface area contributed by atoms with Gasteiger partial charge in [0.25, 0.3) is 17.7 Å². The molecule has 0 aromatic heterocycles. The molecule has 0 bridgehead atoms. The maximum atomic E-state index is 12.5. The van der Waals surface area contributed by atoms with Crippen LogP contribution in [0, 0.1) is 0 Å². The topological polar surface area (TPSA) is 86.7 Å². The van der Waals surface area contributed by atoms with Gasteiger partial charge in [-0.3, -0.25) is 24.5 Å². The second-order valence-electron chi connectivity index (χ2n) is 4.82. The molecular weight excluding hydrogens is 284 g/mol. The highest BCUT2D eigenvalue weighted by Crippen LogP contribution is 2.31. The van der Waals surface area contributed by atoms with Gasteiger partial charge in [0.2, 0.25) is 0 Å². The van der Waals surface area contributed by atoms with Gasteiger partial charge < -0.3 is 0 Å². The van der Waals surface area contributed by atoms with Crippen molar-refractivity contribution in [2.45, 2.75) is 6.04 Å². The standard InChI is InChI=1S/C16H12N2O4/c19-14(17-22)13(10-6-2-1-3-7-10)18-15(20)11-8-4-5-9-12(11)16(18)21/h1-9,13,22H,(H,17,19). The van der Waals surface area contributed by atoms with E-state index in [4.69, 9.17) is 5.21 Å². The molecule has 0 aliphatic carbocycles. The Balaban J connectivity index is 2.09. The molecule has 1 unspecified atom stereocenters. The van der Waals surface area contributed by atoms with Crippen LogP contribution in [0.4, 0.5) is 0 Å². The van der Waals surface area contributed by atoms with Gasteiger partial charge in [0.05, 0.1) is 11.1 Å². The second-order valence-corrected chi connectivity index (χ2v) is 4.82. The average Bonchev–Trinajstić information content (AvgIpc) is 2.81. The lowest BCUT2D eigenvalue weighted by atomic mass is 10.0. The van der Waals surface area contributed by atoms with Gasteiger partial charge in [0, 0.05) is 0 Å². The predicted molar refractivity (Wildman–Crippen MR) is 76.1 cm³/mol. The first kappa shape index (κ1) is 14.0. The van der Waals surface area contributed by atoms with Crippen LogP contribution in [0.25, 0.3) is 0 Å². The van der Waals surface area contributed by atoms with E-state index in [1.54, 1.807) is 42.5 Å². The normalized spacial score (nSPS) is 14.7. The van der Waals surface area contributed by atoms with Gasteiger partial charge in [0.15, 0.2) is 0 Å². The van der Waals surface area contributed by atoms with Crippen molar-refractivity contribution in [2.75, 3.05) is 0 Å². The molecular formula is C16H12N2O4. The minimum atomic E-state index is -1.22. The highest BCUT2D eigenvalue weighted by Gasteiger charge is 2.43. The Morgan fingerprint density at radius 1 is 0.909 bits per heavy atom. The summed E-state index contributed by atoms with van der Waals surface area (Å²) in [6, 6.07) is 13.5. The highest BCUT2D eigenvalue weighted by molar-refractivity contribution is 6.22. The maximum Gasteiger partial charge on any atom is 0.271 e. The van der Waals surface area contributed by atoms with E-state index < -0.39 is 23.8 Å². The summed E-state index contributed by atoms with van der Waals surface area (Å²) in [5.74, 6) is -1.96. The summed E-state index contributed by atoms with van der Waals surface area (Å²) < 4.78 is 0. The number of hydrogen-bond acceptors (Lipinski definition) is 4. The van der Waals surface area contributed by atoms with Crippen molar-refractivity contribution in [2.24, 2.45) is 0 Å². The number of rotatable bonds is 3. The van der Waals surface area contributed by atoms with E-state index in [1.807, 2.05) is 0 Å². The number of imide groups is 1. The van der Waals surface area contributed by atoms with Crippen LogP contribution in [0.5, 0.6) is 0 Å². The van der Waals surface area contributed by atoms with E-state index in [0.29, 0.717) is 5.56 Å². The molecule has 1 aliphatic heterocycles. The van der Waals surface area contributed by atoms with Crippen LogP contribution in [0.1, 0.15) is 32.3 Å². The van der Waals surface area contributed by atoms with Crippen LogP contribution in [0.15, 0.2) is 54.6 Å². The van der Waals surface area contributed by atoms with Crippen LogP contribution >= 0.6 is 0 Å². The summed E-state index contributed by atoms with van der Waals surface area (Å²) in [5, 5.41) is 8.97. The third-order valence-corrected chi connectivity index (χ3v) is 3.56. The molecule has 22 heavy (non-hydrogen) atoms. The third-order valence-electron chi connectivity index (χ3n) is 3.56. The van der Waals surface area contributed by atoms with E-state index in [0.717, 1.165) is 4.90 Å². The number of amides is 3. The molecule has 1 aliphatic rings. The van der Waals surface area contributed by atoms with Crippen molar-refractivity contribution in [3.63, 3.8) is 0 Å². The first-order chi connectivity index (χ1) is 10.6. The molecule has 2 aromatic carbocycles. The zero-order valence-electron chi connectivity index (χ0n) is 11.4. The SMILES string of the molecule is O=C(NO)C(c1ccccc1)N1C(=O)c2ccccc2C1=O. The lowest BCUT2D eigenvalue weighted by Crippen LogP contribution is -2.42. The van der Waals surface area contributed by atoms with Crippen LogP contribution in [0.2, 0.25) is 0 Å². The average molecular weight is 296 g/mol. The van der Waals surface area contributed by atoms with Gasteiger partial charge in [0.1, 0.15) is 6.04 Å². The summed E-state index contributed by atoms with van der Waals surface area (Å²) in [6.45, 7) is 0. The molecule has 0 spiro atoms. The molecule has 3 amide bonds. The fraction of sp³-hybridized carbons (Fsp3) is 0.0625. The van der Waals surface area contributed by atoms with E-state index in [-0.39, 0.29) is 11.1 Å². The van der Waals surface area contributed by atoms with Crippen LogP contribution in [-0.2, 0) is 4.79 Å². The fourth-order valence-corrected chi connectivity index (χ4v) is 2.56. The third kappa shape index (κ3) is 2.06. The van der Waals surface area contributed by atoms with Gasteiger partial charge in [-0.1, -0.05) is 42.5 Å². The number of benzene rings is 2. The maximum absolute atomic E-state index is 12.5. The monoisotopic (exact) mass is 296 g/mol. The zero-order chi connectivity index (χ0) is 15.7. The molecule has 3 rings (SSSR count). The molecule has 110 valence electrons. The quantitative estimate of drug-likeness (QED) is 0.511. The predicted octanol–water partition coefficient (Wildman–Crippen LogP) is 1.53. The van der Waals surface area contributed by atoms with Crippen molar-refractivity contribution in [3.8, 4) is 0 Å². The summed E-state index contributed by atoms with van der Waals surface area (Å²) >= 11 is 0. The Bertz CT molecular complexity index is 723. The fourth-order valence-electron chi connectivity index (χ4n) is 2.56. The zero-order valence-corrected chi connectivity index (χ0v) is 11.4. The number of fused-ring (bicyclic) bond motifs is 1. The molecule has 0 saturated carbocycles. The van der Waals surface area contributed by atoms with Crippen molar-refractivity contribution >= 4 is 17.7 Å². The molecule has 6 heteroatoms. The highest BCUT2D eigenvalue weighted by atomic mass is 16.5. The first-order valence-corrected chi connectivity index (χ1v) is 6.61. The molecule has 0 radical (unpaired) electrons. The minimum absolute atomic E-state index is 0.249. The van der Waals surface area contributed by atoms with E-state index in [9.17, 15) is 14.4 Å². The molecule has 6 nitrogen and oxygen atoms in total. The van der Waals surface area contributed by atoms with Gasteiger partial charge in [-0.05, 0) is 17.7 Å². The van der Waals surface area contributed by atoms with Gasteiger partial charge in [-0.15, -0.1) is 0 Å². The number of nitrogens with zero attached hydrogens (tertiary/aromatic N) is 1. The minimum Gasteiger partial charge on any atom is -0.289 e.